The average molecular weight is 703 g/mol. The van der Waals surface area contributed by atoms with Crippen LogP contribution in [0.5, 0.6) is 0 Å². The van der Waals surface area contributed by atoms with Gasteiger partial charge < -0.3 is 19.6 Å². The van der Waals surface area contributed by atoms with Crippen molar-refractivity contribution in [3.05, 3.63) is 150 Å². The van der Waals surface area contributed by atoms with Crippen LogP contribution < -0.4 is 10.0 Å². The molecule has 3 amide bonds. The number of aromatic nitrogens is 1. The van der Waals surface area contributed by atoms with Crippen LogP contribution in [0.25, 0.3) is 22.0 Å². The summed E-state index contributed by atoms with van der Waals surface area (Å²) >= 11 is 0. The van der Waals surface area contributed by atoms with Gasteiger partial charge in [0.1, 0.15) is 12.1 Å². The molecule has 0 fully saturated rings. The van der Waals surface area contributed by atoms with Crippen molar-refractivity contribution in [2.45, 2.75) is 43.7 Å². The fourth-order valence-electron chi connectivity index (χ4n) is 6.19. The zero-order chi connectivity index (χ0) is 36.1. The quantitative estimate of drug-likeness (QED) is 0.144. The zero-order valence-corrected chi connectivity index (χ0v) is 29.2. The highest BCUT2D eigenvalue weighted by Gasteiger charge is 2.33. The maximum absolute atomic E-state index is 14.4. The number of likely N-dealkylation sites (N-methyl/N-ethyl adjacent to an activating group) is 1. The van der Waals surface area contributed by atoms with Gasteiger partial charge in [-0.3, -0.25) is 14.4 Å². The van der Waals surface area contributed by atoms with E-state index in [2.05, 4.69) is 15.0 Å². The molecule has 2 atom stereocenters. The van der Waals surface area contributed by atoms with Crippen LogP contribution in [0.2, 0.25) is 0 Å². The second-order valence-electron chi connectivity index (χ2n) is 12.6. The maximum Gasteiger partial charge on any atom is 0.264 e. The minimum Gasteiger partial charge on any atom is -0.472 e. The van der Waals surface area contributed by atoms with E-state index in [0.717, 1.165) is 38.7 Å². The van der Waals surface area contributed by atoms with Gasteiger partial charge in [-0.05, 0) is 66.9 Å². The minimum atomic E-state index is -4.26. The van der Waals surface area contributed by atoms with Crippen molar-refractivity contribution in [3.63, 3.8) is 0 Å². The molecule has 0 aliphatic rings. The van der Waals surface area contributed by atoms with Crippen molar-refractivity contribution in [1.82, 2.24) is 19.9 Å². The summed E-state index contributed by atoms with van der Waals surface area (Å²) in [6.07, 6.45) is 5.06. The van der Waals surface area contributed by atoms with Crippen molar-refractivity contribution in [2.24, 2.45) is 0 Å². The normalized spacial score (nSPS) is 12.6. The highest BCUT2D eigenvalue weighted by atomic mass is 32.2. The Kier molecular flexibility index (Phi) is 10.2. The molecule has 0 spiro atoms. The highest BCUT2D eigenvalue weighted by Crippen LogP contribution is 2.23. The van der Waals surface area contributed by atoms with Gasteiger partial charge in [0.25, 0.3) is 21.8 Å². The van der Waals surface area contributed by atoms with Gasteiger partial charge in [0, 0.05) is 48.1 Å². The number of nitrogens with zero attached hydrogens (tertiary/aromatic N) is 1. The van der Waals surface area contributed by atoms with E-state index in [1.165, 1.54) is 17.0 Å². The first-order valence-electron chi connectivity index (χ1n) is 16.4. The molecule has 6 aromatic rings. The smallest absolute Gasteiger partial charge is 0.264 e. The molecule has 4 aromatic carbocycles. The molecular weight excluding hydrogens is 665 g/mol. The van der Waals surface area contributed by atoms with Gasteiger partial charge >= 0.3 is 0 Å². The second kappa shape index (κ2) is 14.9. The average Bonchev–Trinajstić information content (AvgIpc) is 3.81. The summed E-state index contributed by atoms with van der Waals surface area (Å²) in [5.74, 6) is -1.91. The molecule has 10 nitrogen and oxygen atoms in total. The lowest BCUT2D eigenvalue weighted by molar-refractivity contribution is -0.130. The van der Waals surface area contributed by atoms with E-state index in [-0.39, 0.29) is 23.6 Å². The van der Waals surface area contributed by atoms with Crippen LogP contribution in [0.15, 0.2) is 131 Å². The van der Waals surface area contributed by atoms with E-state index >= 15 is 0 Å². The molecule has 6 rings (SSSR count). The number of para-hydroxylation sites is 1. The van der Waals surface area contributed by atoms with E-state index in [1.54, 1.807) is 56.1 Å². The molecule has 2 heterocycles. The molecule has 3 N–H and O–H groups in total. The number of carbonyl (C=O) groups is 3. The Bertz CT molecular complexity index is 2260. The number of sulfonamides is 1. The number of furan rings is 1. The van der Waals surface area contributed by atoms with E-state index in [1.807, 2.05) is 74.5 Å². The second-order valence-corrected chi connectivity index (χ2v) is 14.3. The molecule has 0 saturated heterocycles. The first-order chi connectivity index (χ1) is 24.5. The standard InChI is InChI=1S/C40H38N4O6S/c1-26-19-27(2)21-31(20-26)40(47)44(3)37(22-28-13-15-29(16-14-28)30-17-18-50-25-30)39(46)42-36(23-32-24-41-35-12-8-7-11-34(32)35)38(45)43-51(48,49)33-9-5-4-6-10-33/h4-21,24-25,36-37,41H,22-23H2,1-3H3,(H,42,46)(H,43,45)/t36-,37+/m0/s1. The Balaban J connectivity index is 1.33. The Hall–Kier alpha value is -5.94. The topological polar surface area (TPSA) is 142 Å². The number of aryl methyl sites for hydroxylation is 2. The molecule has 0 saturated carbocycles. The van der Waals surface area contributed by atoms with Crippen LogP contribution in [0.3, 0.4) is 0 Å². The number of carbonyl (C=O) groups excluding carboxylic acids is 3. The number of fused-ring (bicyclic) bond motifs is 1. The third kappa shape index (κ3) is 8.11. The van der Waals surface area contributed by atoms with Gasteiger partial charge in [-0.25, -0.2) is 13.1 Å². The first kappa shape index (κ1) is 34.9. The number of aromatic amines is 1. The maximum atomic E-state index is 14.4. The minimum absolute atomic E-state index is 0.0211. The largest absolute Gasteiger partial charge is 0.472 e. The summed E-state index contributed by atoms with van der Waals surface area (Å²) < 4.78 is 33.8. The van der Waals surface area contributed by atoms with Crippen LogP contribution in [0, 0.1) is 13.8 Å². The number of benzene rings is 4. The first-order valence-corrected chi connectivity index (χ1v) is 17.9. The third-order valence-electron chi connectivity index (χ3n) is 8.82. The monoisotopic (exact) mass is 702 g/mol. The summed E-state index contributed by atoms with van der Waals surface area (Å²) in [5, 5.41) is 3.65. The van der Waals surface area contributed by atoms with E-state index < -0.39 is 33.9 Å². The van der Waals surface area contributed by atoms with Gasteiger partial charge in [-0.2, -0.15) is 0 Å². The molecule has 0 radical (unpaired) electrons. The van der Waals surface area contributed by atoms with Crippen molar-refractivity contribution in [1.29, 1.82) is 0 Å². The number of nitrogens with one attached hydrogen (secondary N) is 3. The van der Waals surface area contributed by atoms with Crippen LogP contribution in [0.4, 0.5) is 0 Å². The lowest BCUT2D eigenvalue weighted by Crippen LogP contribution is -2.56. The Morgan fingerprint density at radius 1 is 0.804 bits per heavy atom. The zero-order valence-electron chi connectivity index (χ0n) is 28.4. The SMILES string of the molecule is Cc1cc(C)cc(C(=O)N(C)[C@H](Cc2ccc(-c3ccoc3)cc2)C(=O)N[C@@H](Cc2c[nH]c3ccccc23)C(=O)NS(=O)(=O)c2ccccc2)c1. The lowest BCUT2D eigenvalue weighted by Gasteiger charge is -2.29. The molecule has 2 aromatic heterocycles. The van der Waals surface area contributed by atoms with Gasteiger partial charge in [0.2, 0.25) is 5.91 Å². The van der Waals surface area contributed by atoms with Crippen molar-refractivity contribution >= 4 is 38.6 Å². The molecule has 0 aliphatic heterocycles. The van der Waals surface area contributed by atoms with Crippen molar-refractivity contribution in [2.75, 3.05) is 7.05 Å². The van der Waals surface area contributed by atoms with Gasteiger partial charge in [0.05, 0.1) is 17.4 Å². The third-order valence-corrected chi connectivity index (χ3v) is 10.2. The number of hydrogen-bond donors (Lipinski definition) is 3. The van der Waals surface area contributed by atoms with E-state index in [4.69, 9.17) is 4.42 Å². The van der Waals surface area contributed by atoms with Crippen LogP contribution >= 0.6 is 0 Å². The fraction of sp³-hybridized carbons (Fsp3) is 0.175. The van der Waals surface area contributed by atoms with E-state index in [9.17, 15) is 22.8 Å². The van der Waals surface area contributed by atoms with Crippen molar-refractivity contribution < 1.29 is 27.2 Å². The van der Waals surface area contributed by atoms with Crippen LogP contribution in [-0.2, 0) is 32.5 Å². The molecule has 51 heavy (non-hydrogen) atoms. The molecule has 0 unspecified atom stereocenters. The molecule has 0 bridgehead atoms. The highest BCUT2D eigenvalue weighted by molar-refractivity contribution is 7.90. The Morgan fingerprint density at radius 3 is 2.18 bits per heavy atom. The van der Waals surface area contributed by atoms with E-state index in [0.29, 0.717) is 11.1 Å². The lowest BCUT2D eigenvalue weighted by atomic mass is 9.99. The fourth-order valence-corrected chi connectivity index (χ4v) is 7.23. The Labute approximate surface area is 296 Å². The number of H-pyrrole nitrogens is 1. The number of rotatable bonds is 12. The molecule has 260 valence electrons. The number of amides is 3. The van der Waals surface area contributed by atoms with Gasteiger partial charge in [-0.15, -0.1) is 0 Å². The predicted molar refractivity (Wildman–Crippen MR) is 195 cm³/mol. The molecular formula is C40H38N4O6S. The summed E-state index contributed by atoms with van der Waals surface area (Å²) in [6, 6.07) is 27.5. The summed E-state index contributed by atoms with van der Waals surface area (Å²) in [6.45, 7) is 3.79. The number of hydrogen-bond acceptors (Lipinski definition) is 6. The molecule has 0 aliphatic carbocycles. The van der Waals surface area contributed by atoms with Gasteiger partial charge in [0.15, 0.2) is 0 Å². The van der Waals surface area contributed by atoms with Gasteiger partial charge in [-0.1, -0.05) is 77.9 Å². The predicted octanol–water partition coefficient (Wildman–Crippen LogP) is 5.96. The van der Waals surface area contributed by atoms with Crippen LogP contribution in [0.1, 0.15) is 32.6 Å². The van der Waals surface area contributed by atoms with Crippen molar-refractivity contribution in [3.8, 4) is 11.1 Å². The molecule has 11 heteroatoms. The summed E-state index contributed by atoms with van der Waals surface area (Å²) in [4.78, 5) is 46.6. The Morgan fingerprint density at radius 2 is 1.49 bits per heavy atom. The summed E-state index contributed by atoms with van der Waals surface area (Å²) in [7, 11) is -2.70. The summed E-state index contributed by atoms with van der Waals surface area (Å²) in [5.41, 5.74) is 6.34. The van der Waals surface area contributed by atoms with Crippen LogP contribution in [-0.4, -0.2) is 55.2 Å².